The highest BCUT2D eigenvalue weighted by atomic mass is 19.3. The third kappa shape index (κ3) is 3.82. The minimum absolute atomic E-state index is 0.0504. The Morgan fingerprint density at radius 3 is 2.48 bits per heavy atom. The molecule has 0 spiro atoms. The molecule has 0 saturated heterocycles. The number of amides is 1. The van der Waals surface area contributed by atoms with E-state index in [-0.39, 0.29) is 5.56 Å². The zero-order chi connectivity index (χ0) is 17.8. The van der Waals surface area contributed by atoms with Crippen LogP contribution in [0.4, 0.5) is 14.6 Å². The highest BCUT2D eigenvalue weighted by molar-refractivity contribution is 6.03. The average molecular weight is 340 g/mol. The Morgan fingerprint density at radius 2 is 1.84 bits per heavy atom. The van der Waals surface area contributed by atoms with Crippen LogP contribution >= 0.6 is 0 Å². The van der Waals surface area contributed by atoms with E-state index in [2.05, 4.69) is 20.3 Å². The van der Waals surface area contributed by atoms with Crippen molar-refractivity contribution in [2.75, 3.05) is 5.32 Å². The van der Waals surface area contributed by atoms with Crippen molar-refractivity contribution in [1.82, 2.24) is 15.0 Å². The van der Waals surface area contributed by atoms with Gasteiger partial charge in [-0.2, -0.15) is 0 Å². The number of alkyl halides is 2. The van der Waals surface area contributed by atoms with Crippen LogP contribution in [-0.2, 0) is 0 Å². The third-order valence-electron chi connectivity index (χ3n) is 3.58. The fourth-order valence-electron chi connectivity index (χ4n) is 2.34. The number of pyridine rings is 1. The number of carbonyl (C=O) groups excluding carboxylic acids is 1. The maximum atomic E-state index is 13.2. The molecule has 7 heteroatoms. The molecule has 3 aromatic rings. The second-order valence-corrected chi connectivity index (χ2v) is 5.40. The largest absolute Gasteiger partial charge is 0.306 e. The van der Waals surface area contributed by atoms with E-state index in [1.165, 1.54) is 31.0 Å². The maximum absolute atomic E-state index is 13.2. The number of halogens is 2. The first-order chi connectivity index (χ1) is 12.0. The molecular weight excluding hydrogens is 326 g/mol. The van der Waals surface area contributed by atoms with Crippen LogP contribution < -0.4 is 5.32 Å². The third-order valence-corrected chi connectivity index (χ3v) is 3.58. The van der Waals surface area contributed by atoms with E-state index >= 15 is 0 Å². The molecule has 126 valence electrons. The molecule has 1 amide bonds. The number of aromatic nitrogens is 3. The molecule has 3 rings (SSSR count). The SMILES string of the molecule is Cc1ccc(C(F)F)c(-c2ccc(NC(=O)c3cncnc3)nc2)c1. The van der Waals surface area contributed by atoms with Gasteiger partial charge in [0.25, 0.3) is 12.3 Å². The van der Waals surface area contributed by atoms with Crippen LogP contribution in [0.2, 0.25) is 0 Å². The number of anilines is 1. The van der Waals surface area contributed by atoms with Gasteiger partial charge in [0.05, 0.1) is 5.56 Å². The number of aryl methyl sites for hydroxylation is 1. The van der Waals surface area contributed by atoms with E-state index in [0.29, 0.717) is 22.5 Å². The van der Waals surface area contributed by atoms with Crippen molar-refractivity contribution in [2.24, 2.45) is 0 Å². The lowest BCUT2D eigenvalue weighted by Gasteiger charge is -2.11. The molecule has 0 aliphatic carbocycles. The van der Waals surface area contributed by atoms with Crippen LogP contribution in [0.5, 0.6) is 0 Å². The standard InChI is InChI=1S/C18H14F2N4O/c1-11-2-4-14(17(19)20)15(6-11)12-3-5-16(23-9-12)24-18(25)13-7-21-10-22-8-13/h2-10,17H,1H3,(H,23,24,25). The lowest BCUT2D eigenvalue weighted by molar-refractivity contribution is 0.102. The molecule has 1 N–H and O–H groups in total. The number of nitrogens with zero attached hydrogens (tertiary/aromatic N) is 3. The van der Waals surface area contributed by atoms with Gasteiger partial charge in [-0.1, -0.05) is 23.8 Å². The molecule has 0 radical (unpaired) electrons. The van der Waals surface area contributed by atoms with Gasteiger partial charge in [0.15, 0.2) is 0 Å². The summed E-state index contributed by atoms with van der Waals surface area (Å²) in [5, 5.41) is 2.61. The van der Waals surface area contributed by atoms with Crippen molar-refractivity contribution in [3.63, 3.8) is 0 Å². The monoisotopic (exact) mass is 340 g/mol. The lowest BCUT2D eigenvalue weighted by atomic mass is 9.99. The number of benzene rings is 1. The van der Waals surface area contributed by atoms with Crippen LogP contribution in [0.15, 0.2) is 55.2 Å². The molecule has 0 atom stereocenters. The van der Waals surface area contributed by atoms with Gasteiger partial charge < -0.3 is 5.32 Å². The number of hydrogen-bond acceptors (Lipinski definition) is 4. The number of nitrogens with one attached hydrogen (secondary N) is 1. The molecule has 0 aliphatic heterocycles. The first kappa shape index (κ1) is 16.6. The summed E-state index contributed by atoms with van der Waals surface area (Å²) in [4.78, 5) is 23.7. The van der Waals surface area contributed by atoms with Gasteiger partial charge in [0, 0.05) is 29.7 Å². The first-order valence-electron chi connectivity index (χ1n) is 7.46. The Balaban J connectivity index is 1.84. The predicted molar refractivity (Wildman–Crippen MR) is 89.4 cm³/mol. The molecule has 0 fully saturated rings. The summed E-state index contributed by atoms with van der Waals surface area (Å²) in [5.74, 6) is -0.0893. The second-order valence-electron chi connectivity index (χ2n) is 5.40. The van der Waals surface area contributed by atoms with Gasteiger partial charge >= 0.3 is 0 Å². The van der Waals surface area contributed by atoms with Gasteiger partial charge in [-0.05, 0) is 24.6 Å². The smallest absolute Gasteiger partial charge is 0.264 e. The van der Waals surface area contributed by atoms with Crippen LogP contribution in [-0.4, -0.2) is 20.9 Å². The molecule has 0 saturated carbocycles. The van der Waals surface area contributed by atoms with Crippen molar-refractivity contribution >= 4 is 11.7 Å². The molecule has 2 heterocycles. The van der Waals surface area contributed by atoms with Crippen LogP contribution in [0, 0.1) is 6.92 Å². The molecular formula is C18H14F2N4O. The van der Waals surface area contributed by atoms with E-state index < -0.39 is 12.3 Å². The van der Waals surface area contributed by atoms with Gasteiger partial charge in [-0.3, -0.25) is 4.79 Å². The molecule has 25 heavy (non-hydrogen) atoms. The Labute approximate surface area is 142 Å². The first-order valence-corrected chi connectivity index (χ1v) is 7.46. The summed E-state index contributed by atoms with van der Waals surface area (Å²) < 4.78 is 26.4. The topological polar surface area (TPSA) is 67.8 Å². The minimum Gasteiger partial charge on any atom is -0.306 e. The summed E-state index contributed by atoms with van der Waals surface area (Å²) in [6.07, 6.45) is 2.98. The lowest BCUT2D eigenvalue weighted by Crippen LogP contribution is -2.13. The highest BCUT2D eigenvalue weighted by Gasteiger charge is 2.15. The number of rotatable bonds is 4. The normalized spacial score (nSPS) is 10.7. The quantitative estimate of drug-likeness (QED) is 0.778. The Kier molecular flexibility index (Phi) is 4.74. The van der Waals surface area contributed by atoms with Gasteiger partial charge in [-0.25, -0.2) is 23.7 Å². The van der Waals surface area contributed by atoms with Crippen molar-refractivity contribution in [3.8, 4) is 11.1 Å². The van der Waals surface area contributed by atoms with E-state index in [9.17, 15) is 13.6 Å². The highest BCUT2D eigenvalue weighted by Crippen LogP contribution is 2.32. The molecule has 2 aromatic heterocycles. The summed E-state index contributed by atoms with van der Waals surface area (Å²) in [7, 11) is 0. The predicted octanol–water partition coefficient (Wildman–Crippen LogP) is 4.04. The number of hydrogen-bond donors (Lipinski definition) is 1. The van der Waals surface area contributed by atoms with Crippen molar-refractivity contribution in [2.45, 2.75) is 13.3 Å². The molecule has 1 aromatic carbocycles. The van der Waals surface area contributed by atoms with E-state index in [1.54, 1.807) is 24.3 Å². The molecule has 0 unspecified atom stereocenters. The average Bonchev–Trinajstić information content (AvgIpc) is 2.62. The second kappa shape index (κ2) is 7.12. The van der Waals surface area contributed by atoms with Gasteiger partial charge in [0.2, 0.25) is 0 Å². The maximum Gasteiger partial charge on any atom is 0.264 e. The van der Waals surface area contributed by atoms with Crippen LogP contribution in [0.25, 0.3) is 11.1 Å². The summed E-state index contributed by atoms with van der Waals surface area (Å²) in [6.45, 7) is 1.84. The van der Waals surface area contributed by atoms with E-state index in [4.69, 9.17) is 0 Å². The number of carbonyl (C=O) groups is 1. The van der Waals surface area contributed by atoms with Crippen molar-refractivity contribution in [3.05, 3.63) is 71.9 Å². The Morgan fingerprint density at radius 1 is 1.08 bits per heavy atom. The van der Waals surface area contributed by atoms with E-state index in [1.807, 2.05) is 6.92 Å². The summed E-state index contributed by atoms with van der Waals surface area (Å²) in [6, 6.07) is 7.97. The zero-order valence-corrected chi connectivity index (χ0v) is 13.3. The summed E-state index contributed by atoms with van der Waals surface area (Å²) >= 11 is 0. The molecule has 0 aliphatic rings. The zero-order valence-electron chi connectivity index (χ0n) is 13.3. The van der Waals surface area contributed by atoms with Gasteiger partial charge in [0.1, 0.15) is 12.1 Å². The molecule has 5 nitrogen and oxygen atoms in total. The van der Waals surface area contributed by atoms with E-state index in [0.717, 1.165) is 5.56 Å². The van der Waals surface area contributed by atoms with Crippen LogP contribution in [0.3, 0.4) is 0 Å². The van der Waals surface area contributed by atoms with Gasteiger partial charge in [-0.15, -0.1) is 0 Å². The Bertz CT molecular complexity index is 883. The summed E-state index contributed by atoms with van der Waals surface area (Å²) in [5.41, 5.74) is 2.11. The van der Waals surface area contributed by atoms with Crippen LogP contribution in [0.1, 0.15) is 27.9 Å². The fourth-order valence-corrected chi connectivity index (χ4v) is 2.34. The van der Waals surface area contributed by atoms with Crippen molar-refractivity contribution in [1.29, 1.82) is 0 Å². The van der Waals surface area contributed by atoms with Crippen molar-refractivity contribution < 1.29 is 13.6 Å². The fraction of sp³-hybridized carbons (Fsp3) is 0.111. The minimum atomic E-state index is -2.58. The Hall–Kier alpha value is -3.22. The molecule has 0 bridgehead atoms.